The van der Waals surface area contributed by atoms with E-state index in [1.54, 1.807) is 18.2 Å². The number of rotatable bonds is 3. The summed E-state index contributed by atoms with van der Waals surface area (Å²) < 4.78 is 10.8. The van der Waals surface area contributed by atoms with Crippen molar-refractivity contribution in [1.29, 1.82) is 0 Å². The molecule has 1 saturated heterocycles. The summed E-state index contributed by atoms with van der Waals surface area (Å²) in [7, 11) is 0. The molecule has 0 spiro atoms. The number of ether oxygens (including phenoxy) is 2. The topological polar surface area (TPSA) is 74.9 Å². The van der Waals surface area contributed by atoms with Gasteiger partial charge in [0, 0.05) is 41.7 Å². The molecular formula is C28H23N3O4. The SMILES string of the molecule is O=C1CC(N2Cc3[nH]c4ccccc4c3C(c3ccccc3)C2)C(=O)N1c1ccc2c(c1)OCO2. The van der Waals surface area contributed by atoms with Gasteiger partial charge < -0.3 is 14.5 Å². The quantitative estimate of drug-likeness (QED) is 0.460. The van der Waals surface area contributed by atoms with Crippen molar-refractivity contribution in [2.75, 3.05) is 18.2 Å². The lowest BCUT2D eigenvalue weighted by atomic mass is 9.85. The Balaban J connectivity index is 1.25. The van der Waals surface area contributed by atoms with Crippen LogP contribution in [0.25, 0.3) is 10.9 Å². The number of carbonyl (C=O) groups excluding carboxylic acids is 2. The highest BCUT2D eigenvalue weighted by atomic mass is 16.7. The molecule has 2 amide bonds. The summed E-state index contributed by atoms with van der Waals surface area (Å²) in [5, 5.41) is 1.21. The lowest BCUT2D eigenvalue weighted by Crippen LogP contribution is -2.45. The standard InChI is InChI=1S/C28H23N3O4/c32-26-13-23(28(33)31(26)18-10-11-24-25(12-18)35-16-34-24)30-14-20(17-6-2-1-3-7-17)27-19-8-4-5-9-21(19)29-22(27)15-30/h1-12,20,23,29H,13-16H2. The molecule has 0 radical (unpaired) electrons. The van der Waals surface area contributed by atoms with Crippen molar-refractivity contribution in [3.8, 4) is 11.5 Å². The zero-order chi connectivity index (χ0) is 23.5. The van der Waals surface area contributed by atoms with Crippen LogP contribution in [0.3, 0.4) is 0 Å². The molecular weight excluding hydrogens is 442 g/mol. The van der Waals surface area contributed by atoms with E-state index in [2.05, 4.69) is 52.3 Å². The van der Waals surface area contributed by atoms with E-state index in [-0.39, 0.29) is 30.9 Å². The number of nitrogens with one attached hydrogen (secondary N) is 1. The molecule has 0 aliphatic carbocycles. The molecule has 2 atom stereocenters. The highest BCUT2D eigenvalue weighted by molar-refractivity contribution is 6.22. The number of carbonyl (C=O) groups is 2. The first-order valence-corrected chi connectivity index (χ1v) is 11.8. The van der Waals surface area contributed by atoms with E-state index in [1.165, 1.54) is 21.4 Å². The molecule has 1 N–H and O–H groups in total. The van der Waals surface area contributed by atoms with Crippen LogP contribution in [0.4, 0.5) is 5.69 Å². The summed E-state index contributed by atoms with van der Waals surface area (Å²) in [4.78, 5) is 33.7. The molecule has 3 aliphatic rings. The third-order valence-corrected chi connectivity index (χ3v) is 7.33. The Bertz CT molecular complexity index is 1480. The highest BCUT2D eigenvalue weighted by Gasteiger charge is 2.45. The molecule has 0 bridgehead atoms. The number of imide groups is 1. The molecule has 7 nitrogen and oxygen atoms in total. The number of hydrogen-bond acceptors (Lipinski definition) is 5. The van der Waals surface area contributed by atoms with Crippen molar-refractivity contribution >= 4 is 28.4 Å². The number of anilines is 1. The number of H-pyrrole nitrogens is 1. The zero-order valence-electron chi connectivity index (χ0n) is 18.9. The molecule has 4 heterocycles. The molecule has 4 aromatic rings. The number of fused-ring (bicyclic) bond motifs is 4. The van der Waals surface area contributed by atoms with E-state index in [9.17, 15) is 9.59 Å². The minimum atomic E-state index is -0.515. The molecule has 7 rings (SSSR count). The molecule has 7 heteroatoms. The van der Waals surface area contributed by atoms with Crippen LogP contribution in [-0.2, 0) is 16.1 Å². The van der Waals surface area contributed by atoms with E-state index < -0.39 is 6.04 Å². The van der Waals surface area contributed by atoms with E-state index in [4.69, 9.17) is 9.47 Å². The zero-order valence-corrected chi connectivity index (χ0v) is 18.9. The number of para-hydroxylation sites is 1. The van der Waals surface area contributed by atoms with Gasteiger partial charge in [0.1, 0.15) is 0 Å². The first kappa shape index (κ1) is 20.3. The maximum atomic E-state index is 13.6. The molecule has 2 unspecified atom stereocenters. The van der Waals surface area contributed by atoms with Crippen LogP contribution in [-0.4, -0.2) is 41.1 Å². The van der Waals surface area contributed by atoms with Gasteiger partial charge in [0.25, 0.3) is 5.91 Å². The summed E-state index contributed by atoms with van der Waals surface area (Å²) in [6, 6.07) is 23.4. The lowest BCUT2D eigenvalue weighted by molar-refractivity contribution is -0.123. The van der Waals surface area contributed by atoms with E-state index in [0.29, 0.717) is 30.3 Å². The lowest BCUT2D eigenvalue weighted by Gasteiger charge is -2.36. The monoisotopic (exact) mass is 465 g/mol. The van der Waals surface area contributed by atoms with Crippen molar-refractivity contribution < 1.29 is 19.1 Å². The molecule has 174 valence electrons. The Labute approximate surface area is 201 Å². The van der Waals surface area contributed by atoms with Gasteiger partial charge in [-0.3, -0.25) is 14.5 Å². The summed E-state index contributed by atoms with van der Waals surface area (Å²) in [6.45, 7) is 1.40. The fourth-order valence-corrected chi connectivity index (χ4v) is 5.73. The summed E-state index contributed by atoms with van der Waals surface area (Å²) in [6.07, 6.45) is 0.157. The average Bonchev–Trinajstić information content (AvgIpc) is 3.58. The fraction of sp³-hybridized carbons (Fsp3) is 0.214. The Morgan fingerprint density at radius 3 is 2.57 bits per heavy atom. The van der Waals surface area contributed by atoms with Crippen LogP contribution in [0.15, 0.2) is 72.8 Å². The Morgan fingerprint density at radius 1 is 0.886 bits per heavy atom. The van der Waals surface area contributed by atoms with Crippen LogP contribution in [0.1, 0.15) is 29.2 Å². The molecule has 0 saturated carbocycles. The van der Waals surface area contributed by atoms with Gasteiger partial charge in [-0.05, 0) is 29.3 Å². The first-order valence-electron chi connectivity index (χ1n) is 11.8. The Kier molecular flexibility index (Phi) is 4.47. The number of aromatic amines is 1. The van der Waals surface area contributed by atoms with Crippen LogP contribution < -0.4 is 14.4 Å². The van der Waals surface area contributed by atoms with Crippen LogP contribution >= 0.6 is 0 Å². The number of benzene rings is 3. The third-order valence-electron chi connectivity index (χ3n) is 7.33. The van der Waals surface area contributed by atoms with Crippen molar-refractivity contribution in [3.63, 3.8) is 0 Å². The van der Waals surface area contributed by atoms with Crippen LogP contribution in [0.5, 0.6) is 11.5 Å². The predicted octanol–water partition coefficient (Wildman–Crippen LogP) is 4.18. The van der Waals surface area contributed by atoms with Crippen molar-refractivity contribution in [1.82, 2.24) is 9.88 Å². The normalized spacial score (nSPS) is 21.7. The largest absolute Gasteiger partial charge is 0.454 e. The number of aromatic nitrogens is 1. The molecule has 1 aromatic heterocycles. The maximum Gasteiger partial charge on any atom is 0.251 e. The summed E-state index contributed by atoms with van der Waals surface area (Å²) in [5.74, 6) is 0.880. The second-order valence-corrected chi connectivity index (χ2v) is 9.28. The molecule has 3 aliphatic heterocycles. The second-order valence-electron chi connectivity index (χ2n) is 9.28. The minimum Gasteiger partial charge on any atom is -0.454 e. The summed E-state index contributed by atoms with van der Waals surface area (Å²) >= 11 is 0. The van der Waals surface area contributed by atoms with Gasteiger partial charge in [-0.15, -0.1) is 0 Å². The average molecular weight is 466 g/mol. The first-order chi connectivity index (χ1) is 17.2. The Hall–Kier alpha value is -4.10. The van der Waals surface area contributed by atoms with E-state index >= 15 is 0 Å². The third kappa shape index (κ3) is 3.15. The van der Waals surface area contributed by atoms with Gasteiger partial charge in [0.05, 0.1) is 18.2 Å². The molecule has 3 aromatic carbocycles. The van der Waals surface area contributed by atoms with Crippen molar-refractivity contribution in [3.05, 3.63) is 89.6 Å². The molecule has 35 heavy (non-hydrogen) atoms. The maximum absolute atomic E-state index is 13.6. The molecule has 1 fully saturated rings. The van der Waals surface area contributed by atoms with Crippen molar-refractivity contribution in [2.45, 2.75) is 24.9 Å². The fourth-order valence-electron chi connectivity index (χ4n) is 5.73. The smallest absolute Gasteiger partial charge is 0.251 e. The van der Waals surface area contributed by atoms with Crippen molar-refractivity contribution in [2.24, 2.45) is 0 Å². The van der Waals surface area contributed by atoms with Gasteiger partial charge >= 0.3 is 0 Å². The highest BCUT2D eigenvalue weighted by Crippen LogP contribution is 2.41. The Morgan fingerprint density at radius 2 is 1.69 bits per heavy atom. The number of hydrogen-bond donors (Lipinski definition) is 1. The second kappa shape index (κ2) is 7.71. The van der Waals surface area contributed by atoms with Gasteiger partial charge in [-0.1, -0.05) is 48.5 Å². The number of amides is 2. The van der Waals surface area contributed by atoms with E-state index in [0.717, 1.165) is 11.2 Å². The predicted molar refractivity (Wildman–Crippen MR) is 130 cm³/mol. The summed E-state index contributed by atoms with van der Waals surface area (Å²) in [5.41, 5.74) is 5.21. The van der Waals surface area contributed by atoms with Gasteiger partial charge in [0.2, 0.25) is 12.7 Å². The van der Waals surface area contributed by atoms with Crippen LogP contribution in [0, 0.1) is 0 Å². The van der Waals surface area contributed by atoms with Crippen LogP contribution in [0.2, 0.25) is 0 Å². The number of nitrogens with zero attached hydrogens (tertiary/aromatic N) is 2. The van der Waals surface area contributed by atoms with E-state index in [1.807, 2.05) is 12.1 Å². The minimum absolute atomic E-state index is 0.0959. The van der Waals surface area contributed by atoms with Gasteiger partial charge in [-0.25, -0.2) is 4.90 Å². The van der Waals surface area contributed by atoms with Gasteiger partial charge in [0.15, 0.2) is 11.5 Å². The van der Waals surface area contributed by atoms with Gasteiger partial charge in [-0.2, -0.15) is 0 Å².